The van der Waals surface area contributed by atoms with Crippen LogP contribution in [0, 0.1) is 0 Å². The molecule has 0 bridgehead atoms. The third-order valence-electron chi connectivity index (χ3n) is 4.49. The van der Waals surface area contributed by atoms with Crippen LogP contribution < -0.4 is 16.0 Å². The van der Waals surface area contributed by atoms with E-state index in [-0.39, 0.29) is 28.0 Å². The van der Waals surface area contributed by atoms with Crippen molar-refractivity contribution in [1.82, 2.24) is 9.66 Å². The highest BCUT2D eigenvalue weighted by atomic mass is 35.5. The SMILES string of the molecule is NC(=O)COc1c(Cl)cc(C=Nn2c(-c3ccccc3)nc3ccccc3c2=O)cc1Cl. The predicted octanol–water partition coefficient (Wildman–Crippen LogP) is 4.12. The van der Waals surface area contributed by atoms with Gasteiger partial charge in [-0.05, 0) is 29.8 Å². The molecule has 4 aromatic rings. The first-order valence-corrected chi connectivity index (χ1v) is 10.2. The van der Waals surface area contributed by atoms with Gasteiger partial charge >= 0.3 is 0 Å². The van der Waals surface area contributed by atoms with Crippen LogP contribution in [0.3, 0.4) is 0 Å². The lowest BCUT2D eigenvalue weighted by atomic mass is 10.2. The number of amides is 1. The average molecular weight is 467 g/mol. The lowest BCUT2D eigenvalue weighted by Gasteiger charge is -2.10. The fraction of sp³-hybridized carbons (Fsp3) is 0.0435. The minimum absolute atomic E-state index is 0.138. The highest BCUT2D eigenvalue weighted by molar-refractivity contribution is 6.37. The van der Waals surface area contributed by atoms with Crippen LogP contribution in [0.1, 0.15) is 5.56 Å². The third-order valence-corrected chi connectivity index (χ3v) is 5.05. The summed E-state index contributed by atoms with van der Waals surface area (Å²) in [6.07, 6.45) is 1.44. The minimum Gasteiger partial charge on any atom is -0.481 e. The molecule has 2 N–H and O–H groups in total. The Kier molecular flexibility index (Phi) is 6.20. The van der Waals surface area contributed by atoms with E-state index in [0.29, 0.717) is 22.3 Å². The van der Waals surface area contributed by atoms with E-state index in [1.165, 1.54) is 10.9 Å². The fourth-order valence-corrected chi connectivity index (χ4v) is 3.68. The number of benzene rings is 3. The van der Waals surface area contributed by atoms with Gasteiger partial charge in [-0.25, -0.2) is 4.98 Å². The molecule has 1 aromatic heterocycles. The molecule has 0 unspecified atom stereocenters. The van der Waals surface area contributed by atoms with Gasteiger partial charge in [0.25, 0.3) is 11.5 Å². The van der Waals surface area contributed by atoms with E-state index in [9.17, 15) is 9.59 Å². The van der Waals surface area contributed by atoms with Gasteiger partial charge in [-0.2, -0.15) is 9.78 Å². The van der Waals surface area contributed by atoms with Gasteiger partial charge in [0, 0.05) is 5.56 Å². The van der Waals surface area contributed by atoms with E-state index in [0.717, 1.165) is 5.56 Å². The summed E-state index contributed by atoms with van der Waals surface area (Å²) in [5.74, 6) is -0.123. The summed E-state index contributed by atoms with van der Waals surface area (Å²) < 4.78 is 6.48. The summed E-state index contributed by atoms with van der Waals surface area (Å²) in [6, 6.07) is 19.5. The molecule has 0 aliphatic heterocycles. The number of aromatic nitrogens is 2. The number of hydrogen-bond acceptors (Lipinski definition) is 5. The van der Waals surface area contributed by atoms with Gasteiger partial charge in [0.05, 0.1) is 27.2 Å². The number of ether oxygens (including phenoxy) is 1. The number of carbonyl (C=O) groups is 1. The number of halogens is 2. The molecule has 32 heavy (non-hydrogen) atoms. The maximum Gasteiger partial charge on any atom is 0.282 e. The lowest BCUT2D eigenvalue weighted by molar-refractivity contribution is -0.119. The number of nitrogens with zero attached hydrogens (tertiary/aromatic N) is 3. The molecule has 7 nitrogen and oxygen atoms in total. The van der Waals surface area contributed by atoms with E-state index in [1.54, 1.807) is 30.3 Å². The van der Waals surface area contributed by atoms with E-state index >= 15 is 0 Å². The molecule has 0 radical (unpaired) electrons. The molecule has 0 fully saturated rings. The van der Waals surface area contributed by atoms with Crippen LogP contribution in [0.4, 0.5) is 0 Å². The largest absolute Gasteiger partial charge is 0.481 e. The van der Waals surface area contributed by atoms with Crippen LogP contribution in [0.2, 0.25) is 10.0 Å². The van der Waals surface area contributed by atoms with Gasteiger partial charge in [-0.3, -0.25) is 9.59 Å². The Morgan fingerprint density at radius 3 is 2.41 bits per heavy atom. The Balaban J connectivity index is 1.80. The zero-order valence-corrected chi connectivity index (χ0v) is 18.0. The number of hydrogen-bond donors (Lipinski definition) is 1. The van der Waals surface area contributed by atoms with Crippen molar-refractivity contribution < 1.29 is 9.53 Å². The van der Waals surface area contributed by atoms with Gasteiger partial charge in [-0.1, -0.05) is 65.7 Å². The van der Waals surface area contributed by atoms with Crippen LogP contribution in [-0.2, 0) is 4.79 Å². The molecule has 1 heterocycles. The van der Waals surface area contributed by atoms with Gasteiger partial charge in [-0.15, -0.1) is 0 Å². The summed E-state index contributed by atoms with van der Waals surface area (Å²) in [7, 11) is 0. The normalized spacial score (nSPS) is 11.2. The third kappa shape index (κ3) is 4.49. The summed E-state index contributed by atoms with van der Waals surface area (Å²) in [4.78, 5) is 28.8. The Bertz CT molecular complexity index is 1380. The molecule has 0 aliphatic carbocycles. The van der Waals surface area contributed by atoms with Crippen LogP contribution in [0.5, 0.6) is 5.75 Å². The van der Waals surface area contributed by atoms with E-state index in [1.807, 2.05) is 36.4 Å². The van der Waals surface area contributed by atoms with Crippen molar-refractivity contribution in [2.45, 2.75) is 0 Å². The first-order chi connectivity index (χ1) is 15.4. The van der Waals surface area contributed by atoms with Gasteiger partial charge in [0.1, 0.15) is 0 Å². The Hall–Kier alpha value is -3.68. The Morgan fingerprint density at radius 2 is 1.72 bits per heavy atom. The highest BCUT2D eigenvalue weighted by Crippen LogP contribution is 2.33. The van der Waals surface area contributed by atoms with Crippen molar-refractivity contribution >= 4 is 46.2 Å². The quantitative estimate of drug-likeness (QED) is 0.432. The Morgan fingerprint density at radius 1 is 1.06 bits per heavy atom. The monoisotopic (exact) mass is 466 g/mol. The van der Waals surface area contributed by atoms with Gasteiger partial charge in [0.2, 0.25) is 0 Å². The highest BCUT2D eigenvalue weighted by Gasteiger charge is 2.13. The smallest absolute Gasteiger partial charge is 0.282 e. The van der Waals surface area contributed by atoms with Gasteiger partial charge < -0.3 is 10.5 Å². The zero-order valence-electron chi connectivity index (χ0n) is 16.5. The van der Waals surface area contributed by atoms with Crippen LogP contribution in [0.15, 0.2) is 76.6 Å². The molecule has 9 heteroatoms. The second kappa shape index (κ2) is 9.21. The maximum atomic E-state index is 13.2. The molecular weight excluding hydrogens is 451 g/mol. The predicted molar refractivity (Wildman–Crippen MR) is 126 cm³/mol. The summed E-state index contributed by atoms with van der Waals surface area (Å²) in [6.45, 7) is -0.356. The summed E-state index contributed by atoms with van der Waals surface area (Å²) >= 11 is 12.5. The first kappa shape index (κ1) is 21.5. The molecule has 3 aromatic carbocycles. The molecule has 0 spiro atoms. The van der Waals surface area contributed by atoms with Crippen LogP contribution >= 0.6 is 23.2 Å². The van der Waals surface area contributed by atoms with Crippen molar-refractivity contribution in [1.29, 1.82) is 0 Å². The molecule has 0 saturated carbocycles. The van der Waals surface area contributed by atoms with E-state index < -0.39 is 5.91 Å². The maximum absolute atomic E-state index is 13.2. The van der Waals surface area contributed by atoms with Crippen molar-refractivity contribution in [3.8, 4) is 17.1 Å². The van der Waals surface area contributed by atoms with Crippen molar-refractivity contribution in [3.63, 3.8) is 0 Å². The molecule has 0 atom stereocenters. The fourth-order valence-electron chi connectivity index (χ4n) is 3.06. The Labute approximate surface area is 192 Å². The number of fused-ring (bicyclic) bond motifs is 1. The molecule has 1 amide bonds. The number of carbonyl (C=O) groups excluding carboxylic acids is 1. The van der Waals surface area contributed by atoms with Crippen molar-refractivity contribution in [3.05, 3.63) is 92.7 Å². The van der Waals surface area contributed by atoms with Gasteiger partial charge in [0.15, 0.2) is 18.2 Å². The zero-order chi connectivity index (χ0) is 22.7. The number of primary amides is 1. The number of rotatable bonds is 6. The minimum atomic E-state index is -0.653. The second-order valence-corrected chi connectivity index (χ2v) is 7.56. The van der Waals surface area contributed by atoms with Crippen molar-refractivity contribution in [2.24, 2.45) is 10.8 Å². The van der Waals surface area contributed by atoms with Crippen molar-refractivity contribution in [2.75, 3.05) is 6.61 Å². The standard InChI is InChI=1S/C23H16Cl2N4O3/c24-17-10-14(11-18(25)21(17)32-13-20(26)30)12-27-29-22(15-6-2-1-3-7-15)28-19-9-5-4-8-16(19)23(29)31/h1-12H,13H2,(H2,26,30). The molecule has 160 valence electrons. The van der Waals surface area contributed by atoms with E-state index in [4.69, 9.17) is 33.7 Å². The number of para-hydroxylation sites is 1. The average Bonchev–Trinajstić information content (AvgIpc) is 2.78. The molecule has 4 rings (SSSR count). The topological polar surface area (TPSA) is 99.6 Å². The molecule has 0 aliphatic rings. The molecule has 0 saturated heterocycles. The molecular formula is C23H16Cl2N4O3. The second-order valence-electron chi connectivity index (χ2n) is 6.75. The number of nitrogens with two attached hydrogens (primary N) is 1. The van der Waals surface area contributed by atoms with Crippen LogP contribution in [0.25, 0.3) is 22.3 Å². The van der Waals surface area contributed by atoms with Crippen LogP contribution in [-0.4, -0.2) is 28.4 Å². The first-order valence-electron chi connectivity index (χ1n) is 9.46. The summed E-state index contributed by atoms with van der Waals surface area (Å²) in [5.41, 5.74) is 6.60. The van der Waals surface area contributed by atoms with E-state index in [2.05, 4.69) is 10.1 Å². The summed E-state index contributed by atoms with van der Waals surface area (Å²) in [5, 5.41) is 5.16. The lowest BCUT2D eigenvalue weighted by Crippen LogP contribution is -2.20.